The molecule has 82 valence electrons. The van der Waals surface area contributed by atoms with Gasteiger partial charge in [0, 0.05) is 5.56 Å². The van der Waals surface area contributed by atoms with Gasteiger partial charge in [0.05, 0.1) is 12.8 Å². The summed E-state index contributed by atoms with van der Waals surface area (Å²) in [6.07, 6.45) is 0. The summed E-state index contributed by atoms with van der Waals surface area (Å²) in [5.74, 6) is 1.54. The lowest BCUT2D eigenvalue weighted by Gasteiger charge is -2.08. The fourth-order valence-electron chi connectivity index (χ4n) is 1.53. The lowest BCUT2D eigenvalue weighted by molar-refractivity contribution is 0.416. The molecule has 1 heterocycles. The Kier molecular flexibility index (Phi) is 3.19. The van der Waals surface area contributed by atoms with Gasteiger partial charge in [-0.05, 0) is 41.1 Å². The van der Waals surface area contributed by atoms with E-state index in [-0.39, 0.29) is 0 Å². The molecule has 0 aliphatic heterocycles. The van der Waals surface area contributed by atoms with E-state index in [9.17, 15) is 0 Å². The summed E-state index contributed by atoms with van der Waals surface area (Å²) in [4.78, 5) is 8.57. The number of halogens is 1. The number of para-hydroxylation sites is 1. The first-order valence-electron chi connectivity index (χ1n) is 4.85. The van der Waals surface area contributed by atoms with Crippen LogP contribution in [0.25, 0.3) is 11.3 Å². The summed E-state index contributed by atoms with van der Waals surface area (Å²) >= 11 is 3.36. The van der Waals surface area contributed by atoms with Crippen LogP contribution in [0.15, 0.2) is 34.9 Å². The van der Waals surface area contributed by atoms with Crippen LogP contribution in [0.1, 0.15) is 5.82 Å². The van der Waals surface area contributed by atoms with Gasteiger partial charge >= 0.3 is 0 Å². The second kappa shape index (κ2) is 4.61. The molecule has 1 aromatic heterocycles. The minimum atomic E-state index is 0.732. The zero-order valence-corrected chi connectivity index (χ0v) is 10.7. The lowest BCUT2D eigenvalue weighted by atomic mass is 10.1. The van der Waals surface area contributed by atoms with Crippen molar-refractivity contribution in [2.24, 2.45) is 0 Å². The van der Waals surface area contributed by atoms with Crippen LogP contribution in [0.5, 0.6) is 5.75 Å². The van der Waals surface area contributed by atoms with Crippen molar-refractivity contribution >= 4 is 15.9 Å². The summed E-state index contributed by atoms with van der Waals surface area (Å²) in [5, 5.41) is 0. The molecule has 0 bridgehead atoms. The Morgan fingerprint density at radius 2 is 1.94 bits per heavy atom. The van der Waals surface area contributed by atoms with Crippen molar-refractivity contribution in [3.8, 4) is 17.0 Å². The molecule has 0 unspecified atom stereocenters. The van der Waals surface area contributed by atoms with E-state index in [4.69, 9.17) is 4.74 Å². The van der Waals surface area contributed by atoms with Crippen LogP contribution in [0.3, 0.4) is 0 Å². The minimum Gasteiger partial charge on any atom is -0.496 e. The Hall–Kier alpha value is -1.42. The van der Waals surface area contributed by atoms with Gasteiger partial charge in [0.25, 0.3) is 0 Å². The van der Waals surface area contributed by atoms with Gasteiger partial charge in [-0.25, -0.2) is 9.97 Å². The standard InChI is InChI=1S/C12H11BrN2O/c1-8-14-10(7-12(13)15-8)9-5-3-4-6-11(9)16-2/h3-7H,1-2H3. The fraction of sp³-hybridized carbons (Fsp3) is 0.167. The molecule has 0 amide bonds. The van der Waals surface area contributed by atoms with Crippen molar-refractivity contribution in [3.63, 3.8) is 0 Å². The van der Waals surface area contributed by atoms with Gasteiger partial charge in [-0.3, -0.25) is 0 Å². The van der Waals surface area contributed by atoms with Gasteiger partial charge < -0.3 is 4.74 Å². The Morgan fingerprint density at radius 3 is 2.62 bits per heavy atom. The summed E-state index contributed by atoms with van der Waals surface area (Å²) in [7, 11) is 1.65. The van der Waals surface area contributed by atoms with E-state index in [1.807, 2.05) is 37.3 Å². The van der Waals surface area contributed by atoms with Crippen molar-refractivity contribution in [1.82, 2.24) is 9.97 Å². The van der Waals surface area contributed by atoms with E-state index < -0.39 is 0 Å². The molecule has 0 saturated heterocycles. The maximum atomic E-state index is 5.30. The minimum absolute atomic E-state index is 0.732. The van der Waals surface area contributed by atoms with Crippen LogP contribution in [0, 0.1) is 6.92 Å². The molecule has 0 spiro atoms. The first kappa shape index (κ1) is 11.1. The predicted molar refractivity (Wildman–Crippen MR) is 66.5 cm³/mol. The van der Waals surface area contributed by atoms with Crippen LogP contribution in [0.4, 0.5) is 0 Å². The molecule has 0 atom stereocenters. The second-order valence-electron chi connectivity index (χ2n) is 3.32. The molecule has 2 aromatic rings. The zero-order valence-electron chi connectivity index (χ0n) is 9.07. The van der Waals surface area contributed by atoms with Crippen LogP contribution >= 0.6 is 15.9 Å². The SMILES string of the molecule is COc1ccccc1-c1cc(Br)nc(C)n1. The van der Waals surface area contributed by atoms with Crippen LogP contribution in [-0.4, -0.2) is 17.1 Å². The first-order valence-corrected chi connectivity index (χ1v) is 5.64. The number of nitrogens with zero attached hydrogens (tertiary/aromatic N) is 2. The second-order valence-corrected chi connectivity index (χ2v) is 4.14. The third kappa shape index (κ3) is 2.22. The van der Waals surface area contributed by atoms with Gasteiger partial charge in [-0.1, -0.05) is 12.1 Å². The van der Waals surface area contributed by atoms with Gasteiger partial charge in [0.2, 0.25) is 0 Å². The topological polar surface area (TPSA) is 35.0 Å². The quantitative estimate of drug-likeness (QED) is 0.792. The molecule has 0 fully saturated rings. The van der Waals surface area contributed by atoms with Crippen LogP contribution in [-0.2, 0) is 0 Å². The molecular weight excluding hydrogens is 268 g/mol. The van der Waals surface area contributed by atoms with Gasteiger partial charge in [-0.15, -0.1) is 0 Å². The Bertz CT molecular complexity index is 494. The number of benzene rings is 1. The molecule has 0 aliphatic carbocycles. The molecule has 4 heteroatoms. The van der Waals surface area contributed by atoms with E-state index in [0.717, 1.165) is 27.4 Å². The number of hydrogen-bond donors (Lipinski definition) is 0. The molecule has 0 saturated carbocycles. The molecule has 2 rings (SSSR count). The van der Waals surface area contributed by atoms with Gasteiger partial charge in [-0.2, -0.15) is 0 Å². The van der Waals surface area contributed by atoms with Crippen molar-refractivity contribution < 1.29 is 4.74 Å². The maximum absolute atomic E-state index is 5.30. The van der Waals surface area contributed by atoms with Crippen molar-refractivity contribution in [1.29, 1.82) is 0 Å². The Balaban J connectivity index is 2.58. The van der Waals surface area contributed by atoms with E-state index in [0.29, 0.717) is 0 Å². The molecule has 0 N–H and O–H groups in total. The van der Waals surface area contributed by atoms with Crippen LogP contribution in [0.2, 0.25) is 0 Å². The summed E-state index contributed by atoms with van der Waals surface area (Å²) in [5.41, 5.74) is 1.83. The first-order chi connectivity index (χ1) is 7.70. The molecule has 3 nitrogen and oxygen atoms in total. The highest BCUT2D eigenvalue weighted by molar-refractivity contribution is 9.10. The highest BCUT2D eigenvalue weighted by Gasteiger charge is 2.07. The maximum Gasteiger partial charge on any atom is 0.128 e. The smallest absolute Gasteiger partial charge is 0.128 e. The van der Waals surface area contributed by atoms with E-state index in [2.05, 4.69) is 25.9 Å². The molecule has 0 radical (unpaired) electrons. The van der Waals surface area contributed by atoms with Gasteiger partial charge in [0.1, 0.15) is 16.2 Å². The van der Waals surface area contributed by atoms with E-state index in [1.54, 1.807) is 7.11 Å². The third-order valence-electron chi connectivity index (χ3n) is 2.19. The molecule has 16 heavy (non-hydrogen) atoms. The van der Waals surface area contributed by atoms with Crippen LogP contribution < -0.4 is 4.74 Å². The highest BCUT2D eigenvalue weighted by atomic mass is 79.9. The summed E-state index contributed by atoms with van der Waals surface area (Å²) < 4.78 is 6.08. The number of aromatic nitrogens is 2. The molecule has 1 aromatic carbocycles. The average Bonchev–Trinajstić information content (AvgIpc) is 2.27. The Labute approximate surface area is 103 Å². The normalized spacial score (nSPS) is 10.2. The van der Waals surface area contributed by atoms with E-state index in [1.165, 1.54) is 0 Å². The average molecular weight is 279 g/mol. The molecular formula is C12H11BrN2O. The fourth-order valence-corrected chi connectivity index (χ4v) is 2.00. The highest BCUT2D eigenvalue weighted by Crippen LogP contribution is 2.29. The largest absolute Gasteiger partial charge is 0.496 e. The summed E-state index contributed by atoms with van der Waals surface area (Å²) in [6.45, 7) is 1.86. The van der Waals surface area contributed by atoms with Crippen molar-refractivity contribution in [2.75, 3.05) is 7.11 Å². The summed E-state index contributed by atoms with van der Waals surface area (Å²) in [6, 6.07) is 9.67. The number of methoxy groups -OCH3 is 1. The van der Waals surface area contributed by atoms with Crippen molar-refractivity contribution in [2.45, 2.75) is 6.92 Å². The number of rotatable bonds is 2. The third-order valence-corrected chi connectivity index (χ3v) is 2.60. The molecule has 0 aliphatic rings. The van der Waals surface area contributed by atoms with E-state index >= 15 is 0 Å². The monoisotopic (exact) mass is 278 g/mol. The predicted octanol–water partition coefficient (Wildman–Crippen LogP) is 3.22. The lowest BCUT2D eigenvalue weighted by Crippen LogP contribution is -1.94. The number of aryl methyl sites for hydroxylation is 1. The zero-order chi connectivity index (χ0) is 11.5. The van der Waals surface area contributed by atoms with Crippen molar-refractivity contribution in [3.05, 3.63) is 40.8 Å². The Morgan fingerprint density at radius 1 is 1.19 bits per heavy atom. The number of hydrogen-bond acceptors (Lipinski definition) is 3. The van der Waals surface area contributed by atoms with Gasteiger partial charge in [0.15, 0.2) is 0 Å². The number of ether oxygens (including phenoxy) is 1.